The Hall–Kier alpha value is -1.52. The number of hydrogen-bond acceptors (Lipinski definition) is 2. The number of benzene rings is 1. The molecule has 1 aromatic carbocycles. The van der Waals surface area contributed by atoms with Crippen LogP contribution in [0.5, 0.6) is 0 Å². The third-order valence-corrected chi connectivity index (χ3v) is 3.05. The molecule has 0 aliphatic carbocycles. The predicted octanol–water partition coefficient (Wildman–Crippen LogP) is 4.24. The Labute approximate surface area is 105 Å². The highest BCUT2D eigenvalue weighted by molar-refractivity contribution is 5.34. The molecule has 0 radical (unpaired) electrons. The van der Waals surface area contributed by atoms with Gasteiger partial charge in [0.05, 0.1) is 11.6 Å². The lowest BCUT2D eigenvalue weighted by molar-refractivity contribution is -0.384. The minimum absolute atomic E-state index is 0.0986. The van der Waals surface area contributed by atoms with Gasteiger partial charge >= 0.3 is 0 Å². The third kappa shape index (κ3) is 3.24. The lowest BCUT2D eigenvalue weighted by Gasteiger charge is -2.31. The molecule has 1 aromatic rings. The summed E-state index contributed by atoms with van der Waals surface area (Å²) in [4.78, 5) is 9.93. The van der Waals surface area contributed by atoms with Crippen LogP contribution in [0.3, 0.4) is 0 Å². The van der Waals surface area contributed by atoms with Crippen molar-refractivity contribution in [2.24, 2.45) is 11.3 Å². The predicted molar refractivity (Wildman–Crippen MR) is 65.9 cm³/mol. The van der Waals surface area contributed by atoms with Crippen LogP contribution in [0.1, 0.15) is 32.5 Å². The molecule has 2 atom stereocenters. The van der Waals surface area contributed by atoms with Gasteiger partial charge in [-0.25, -0.2) is 4.39 Å². The lowest BCUT2D eigenvalue weighted by Crippen LogP contribution is -2.26. The van der Waals surface area contributed by atoms with Gasteiger partial charge in [0.25, 0.3) is 5.69 Å². The van der Waals surface area contributed by atoms with Gasteiger partial charge in [0, 0.05) is 18.1 Å². The van der Waals surface area contributed by atoms with Crippen molar-refractivity contribution in [3.05, 3.63) is 39.9 Å². The number of nitro benzene ring substituents is 1. The normalized spacial score (nSPS) is 15.2. The SMILES string of the molecule is CC(C)(C)C(CF)C(F)c1ccc([N+](=O)[O-])cc1. The summed E-state index contributed by atoms with van der Waals surface area (Å²) in [5, 5.41) is 10.5. The van der Waals surface area contributed by atoms with Crippen molar-refractivity contribution in [3.63, 3.8) is 0 Å². The van der Waals surface area contributed by atoms with Crippen LogP contribution in [-0.4, -0.2) is 11.6 Å². The molecule has 0 aromatic heterocycles. The fraction of sp³-hybridized carbons (Fsp3) is 0.538. The summed E-state index contributed by atoms with van der Waals surface area (Å²) in [5.74, 6) is -0.765. The molecule has 1 rings (SSSR count). The second-order valence-corrected chi connectivity index (χ2v) is 5.38. The number of non-ortho nitro benzene ring substituents is 1. The number of rotatable bonds is 4. The Morgan fingerprint density at radius 3 is 2.11 bits per heavy atom. The van der Waals surface area contributed by atoms with E-state index in [2.05, 4.69) is 0 Å². The number of nitro groups is 1. The molecule has 0 saturated carbocycles. The highest BCUT2D eigenvalue weighted by Gasteiger charge is 2.33. The first-order valence-electron chi connectivity index (χ1n) is 5.71. The van der Waals surface area contributed by atoms with Crippen LogP contribution in [0.25, 0.3) is 0 Å². The first-order valence-corrected chi connectivity index (χ1v) is 5.71. The molecule has 3 nitrogen and oxygen atoms in total. The second-order valence-electron chi connectivity index (χ2n) is 5.38. The Balaban J connectivity index is 2.96. The van der Waals surface area contributed by atoms with Crippen LogP contribution in [-0.2, 0) is 0 Å². The van der Waals surface area contributed by atoms with Gasteiger partial charge in [-0.05, 0) is 23.1 Å². The van der Waals surface area contributed by atoms with Gasteiger partial charge in [0.15, 0.2) is 0 Å². The Kier molecular flexibility index (Phi) is 4.38. The van der Waals surface area contributed by atoms with Crippen molar-refractivity contribution in [1.29, 1.82) is 0 Å². The molecule has 0 amide bonds. The Bertz CT molecular complexity index is 412. The van der Waals surface area contributed by atoms with Gasteiger partial charge in [-0.3, -0.25) is 14.5 Å². The van der Waals surface area contributed by atoms with Crippen molar-refractivity contribution >= 4 is 5.69 Å². The summed E-state index contributed by atoms with van der Waals surface area (Å²) in [6, 6.07) is 5.16. The minimum atomic E-state index is -1.46. The van der Waals surface area contributed by atoms with E-state index in [1.54, 1.807) is 20.8 Å². The zero-order chi connectivity index (χ0) is 13.9. The molecular weight excluding hydrogens is 240 g/mol. The first-order chi connectivity index (χ1) is 8.27. The smallest absolute Gasteiger partial charge is 0.258 e. The van der Waals surface area contributed by atoms with E-state index in [9.17, 15) is 18.9 Å². The summed E-state index contributed by atoms with van der Waals surface area (Å²) >= 11 is 0. The largest absolute Gasteiger partial charge is 0.269 e. The minimum Gasteiger partial charge on any atom is -0.258 e. The van der Waals surface area contributed by atoms with Gasteiger partial charge in [-0.2, -0.15) is 0 Å². The molecule has 0 N–H and O–H groups in total. The highest BCUT2D eigenvalue weighted by atomic mass is 19.1. The average molecular weight is 257 g/mol. The van der Waals surface area contributed by atoms with E-state index in [0.29, 0.717) is 0 Å². The fourth-order valence-corrected chi connectivity index (χ4v) is 1.76. The molecule has 0 saturated heterocycles. The summed E-state index contributed by atoms with van der Waals surface area (Å²) in [5.41, 5.74) is -0.327. The summed E-state index contributed by atoms with van der Waals surface area (Å²) in [6.45, 7) is 4.56. The topological polar surface area (TPSA) is 43.1 Å². The lowest BCUT2D eigenvalue weighted by atomic mass is 9.77. The van der Waals surface area contributed by atoms with Crippen molar-refractivity contribution in [1.82, 2.24) is 0 Å². The van der Waals surface area contributed by atoms with Gasteiger partial charge in [0.2, 0.25) is 0 Å². The van der Waals surface area contributed by atoms with Crippen molar-refractivity contribution in [3.8, 4) is 0 Å². The van der Waals surface area contributed by atoms with Gasteiger partial charge in [-0.15, -0.1) is 0 Å². The summed E-state index contributed by atoms with van der Waals surface area (Å²) < 4.78 is 27.2. The van der Waals surface area contributed by atoms with Gasteiger partial charge in [0.1, 0.15) is 6.17 Å². The maximum absolute atomic E-state index is 14.2. The average Bonchev–Trinajstić information content (AvgIpc) is 2.28. The van der Waals surface area contributed by atoms with Crippen LogP contribution in [0.2, 0.25) is 0 Å². The third-order valence-electron chi connectivity index (χ3n) is 3.05. The van der Waals surface area contributed by atoms with E-state index < -0.39 is 29.1 Å². The van der Waals surface area contributed by atoms with Crippen LogP contribution in [0.4, 0.5) is 14.5 Å². The molecule has 0 fully saturated rings. The second kappa shape index (κ2) is 5.42. The Morgan fingerprint density at radius 2 is 1.78 bits per heavy atom. The maximum Gasteiger partial charge on any atom is 0.269 e. The quantitative estimate of drug-likeness (QED) is 0.598. The van der Waals surface area contributed by atoms with Crippen LogP contribution in [0.15, 0.2) is 24.3 Å². The summed E-state index contributed by atoms with van der Waals surface area (Å²) in [7, 11) is 0. The van der Waals surface area contributed by atoms with Crippen LogP contribution < -0.4 is 0 Å². The zero-order valence-electron chi connectivity index (χ0n) is 10.7. The fourth-order valence-electron chi connectivity index (χ4n) is 1.76. The molecule has 18 heavy (non-hydrogen) atoms. The van der Waals surface area contributed by atoms with E-state index in [1.807, 2.05) is 0 Å². The van der Waals surface area contributed by atoms with Gasteiger partial charge in [-0.1, -0.05) is 20.8 Å². The van der Waals surface area contributed by atoms with Crippen LogP contribution in [0, 0.1) is 21.4 Å². The van der Waals surface area contributed by atoms with Crippen molar-refractivity contribution < 1.29 is 13.7 Å². The molecule has 100 valence electrons. The molecule has 5 heteroatoms. The van der Waals surface area contributed by atoms with Gasteiger partial charge < -0.3 is 0 Å². The maximum atomic E-state index is 14.2. The molecule has 2 unspecified atom stereocenters. The molecule has 0 aliphatic heterocycles. The number of nitrogens with zero attached hydrogens (tertiary/aromatic N) is 1. The van der Waals surface area contributed by atoms with E-state index in [-0.39, 0.29) is 11.3 Å². The monoisotopic (exact) mass is 257 g/mol. The van der Waals surface area contributed by atoms with E-state index in [1.165, 1.54) is 24.3 Å². The molecule has 0 heterocycles. The number of hydrogen-bond donors (Lipinski definition) is 0. The van der Waals surface area contributed by atoms with E-state index >= 15 is 0 Å². The zero-order valence-corrected chi connectivity index (χ0v) is 10.7. The molecule has 0 spiro atoms. The summed E-state index contributed by atoms with van der Waals surface area (Å²) in [6.07, 6.45) is -1.46. The van der Waals surface area contributed by atoms with Crippen LogP contribution >= 0.6 is 0 Å². The highest BCUT2D eigenvalue weighted by Crippen LogP contribution is 2.39. The number of alkyl halides is 2. The molecule has 0 bridgehead atoms. The molecular formula is C13H17F2NO2. The number of halogens is 2. The van der Waals surface area contributed by atoms with E-state index in [0.717, 1.165) is 0 Å². The van der Waals surface area contributed by atoms with Crippen molar-refractivity contribution in [2.75, 3.05) is 6.67 Å². The standard InChI is InChI=1S/C13H17F2NO2/c1-13(2,3)11(8-14)12(15)9-4-6-10(7-5-9)16(17)18/h4-7,11-12H,8H2,1-3H3. The van der Waals surface area contributed by atoms with E-state index in [4.69, 9.17) is 0 Å². The van der Waals surface area contributed by atoms with Crippen molar-refractivity contribution in [2.45, 2.75) is 26.9 Å². The molecule has 0 aliphatic rings. The first kappa shape index (κ1) is 14.5. The Morgan fingerprint density at radius 1 is 1.28 bits per heavy atom.